The second-order valence-corrected chi connectivity index (χ2v) is 18.1. The Balaban J connectivity index is 0.997. The molecule has 2 bridgehead atoms. The van der Waals surface area contributed by atoms with E-state index in [4.69, 9.17) is 19.4 Å². The van der Waals surface area contributed by atoms with Crippen LogP contribution in [0.25, 0.3) is 54.7 Å². The number of alkyl carbamates (subject to hydrolysis) is 2. The van der Waals surface area contributed by atoms with Gasteiger partial charge in [0.25, 0.3) is 0 Å². The minimum atomic E-state index is -0.707. The molecule has 14 nitrogen and oxygen atoms in total. The van der Waals surface area contributed by atoms with E-state index in [1.807, 2.05) is 49.6 Å². The molecule has 6 atom stereocenters. The number of benzene rings is 4. The van der Waals surface area contributed by atoms with E-state index in [2.05, 4.69) is 76.1 Å². The van der Waals surface area contributed by atoms with E-state index in [9.17, 15) is 19.2 Å². The van der Waals surface area contributed by atoms with Crippen LogP contribution >= 0.6 is 0 Å². The summed E-state index contributed by atoms with van der Waals surface area (Å²) in [5.41, 5.74) is 5.55. The van der Waals surface area contributed by atoms with Crippen molar-refractivity contribution in [3.63, 3.8) is 0 Å². The number of imidazole rings is 2. The Morgan fingerprint density at radius 1 is 0.738 bits per heavy atom. The summed E-state index contributed by atoms with van der Waals surface area (Å²) in [4.78, 5) is 73.5. The maximum Gasteiger partial charge on any atom is 0.407 e. The van der Waals surface area contributed by atoms with Crippen LogP contribution in [-0.2, 0) is 19.1 Å². The number of ether oxygens (including phenoxy) is 2. The number of nitrogens with zero attached hydrogens (tertiary/aromatic N) is 4. The van der Waals surface area contributed by atoms with E-state index in [0.29, 0.717) is 6.54 Å². The number of aromatic nitrogens is 4. The van der Waals surface area contributed by atoms with Gasteiger partial charge in [-0.1, -0.05) is 71.0 Å². The molecule has 3 aliphatic rings. The fourth-order valence-corrected chi connectivity index (χ4v) is 10.4. The highest BCUT2D eigenvalue weighted by Crippen LogP contribution is 2.59. The predicted molar refractivity (Wildman–Crippen MR) is 234 cm³/mol. The summed E-state index contributed by atoms with van der Waals surface area (Å²) in [5, 5.41) is 9.74. The van der Waals surface area contributed by atoms with Gasteiger partial charge < -0.3 is 39.9 Å². The highest BCUT2D eigenvalue weighted by molar-refractivity contribution is 6.07. The molecule has 14 heteroatoms. The van der Waals surface area contributed by atoms with Gasteiger partial charge in [-0.2, -0.15) is 0 Å². The van der Waals surface area contributed by atoms with Gasteiger partial charge in [-0.15, -0.1) is 0 Å². The van der Waals surface area contributed by atoms with Crippen LogP contribution in [0.3, 0.4) is 0 Å². The Bertz CT molecular complexity index is 2720. The van der Waals surface area contributed by atoms with Gasteiger partial charge in [-0.05, 0) is 95.5 Å². The molecule has 2 aromatic heterocycles. The van der Waals surface area contributed by atoms with Gasteiger partial charge in [0.15, 0.2) is 0 Å². The van der Waals surface area contributed by atoms with E-state index >= 15 is 0 Å². The molecule has 4 heterocycles. The largest absolute Gasteiger partial charge is 0.453 e. The first-order valence-corrected chi connectivity index (χ1v) is 21.4. The lowest BCUT2D eigenvalue weighted by Gasteiger charge is -2.40. The molecule has 4 N–H and O–H groups in total. The summed E-state index contributed by atoms with van der Waals surface area (Å²) in [6.45, 7) is 10.5. The number of piperidine rings is 1. The third kappa shape index (κ3) is 6.89. The fourth-order valence-electron chi connectivity index (χ4n) is 10.4. The number of likely N-dealkylation sites (tertiary alicyclic amines) is 2. The summed E-state index contributed by atoms with van der Waals surface area (Å²) >= 11 is 0. The Labute approximate surface area is 354 Å². The number of carbonyl (C=O) groups excluding carboxylic acids is 4. The SMILES string of the molecule is COC(=O)N[C@H](C(=O)N1CCC[C@H]1c1nc2ccc3cc(-c4ccc5c(ccc6nc([C@H]7N(C(=O)[C@@H](NC(=O)OC)C(C)C)[C@@H]8CCC7(C)C8)[nH]c65)c4)ccc3c2[nH]1)C(C)C. The van der Waals surface area contributed by atoms with Gasteiger partial charge in [0, 0.05) is 23.4 Å². The van der Waals surface area contributed by atoms with Crippen molar-refractivity contribution in [1.82, 2.24) is 40.4 Å². The average Bonchev–Trinajstić information content (AvgIpc) is 4.10. The lowest BCUT2D eigenvalue weighted by Crippen LogP contribution is -2.54. The Kier molecular flexibility index (Phi) is 10.1. The van der Waals surface area contributed by atoms with Crippen molar-refractivity contribution in [2.24, 2.45) is 17.3 Å². The number of fused-ring (bicyclic) bond motifs is 8. The highest BCUT2D eigenvalue weighted by Gasteiger charge is 2.58. The van der Waals surface area contributed by atoms with E-state index in [1.165, 1.54) is 14.2 Å². The standard InChI is InChI=1S/C47H54N8O6/c1-24(2)36(52-45(58)60-6)43(56)54-20-8-9-35(54)41-48-33-16-12-28-21-26(10-14-31(28)38(33)50-41)27-11-15-32-29(22-27)13-17-34-39(32)51-42(49-34)40-47(5)19-18-30(23-47)55(40)44(57)37(25(3)4)53-46(59)61-7/h10-17,21-22,24-25,30,35-37,40H,8-9,18-20,23H2,1-7H3,(H,48,50)(H,49,51)(H,52,58)(H,53,59)/t30-,35+,36+,37+,40-,47?/m1/s1. The van der Waals surface area contributed by atoms with Crippen LogP contribution in [0.1, 0.15) is 90.5 Å². The first-order chi connectivity index (χ1) is 29.3. The highest BCUT2D eigenvalue weighted by atomic mass is 16.5. The monoisotopic (exact) mass is 826 g/mol. The molecule has 0 radical (unpaired) electrons. The molecule has 3 fully saturated rings. The summed E-state index contributed by atoms with van der Waals surface area (Å²) < 4.78 is 9.67. The molecular weight excluding hydrogens is 773 g/mol. The number of rotatable bonds is 9. The molecule has 6 aromatic rings. The quantitative estimate of drug-likeness (QED) is 0.113. The molecule has 4 amide bonds. The van der Waals surface area contributed by atoms with Gasteiger partial charge in [-0.3, -0.25) is 9.59 Å². The molecule has 9 rings (SSSR count). The Morgan fingerprint density at radius 3 is 1.84 bits per heavy atom. The predicted octanol–water partition coefficient (Wildman–Crippen LogP) is 8.28. The van der Waals surface area contributed by atoms with Gasteiger partial charge in [0.05, 0.1) is 48.4 Å². The molecule has 4 aromatic carbocycles. The van der Waals surface area contributed by atoms with Crippen LogP contribution in [0.5, 0.6) is 0 Å². The number of amides is 4. The molecule has 0 spiro atoms. The number of H-pyrrole nitrogens is 2. The van der Waals surface area contributed by atoms with E-state index in [0.717, 1.165) is 98.5 Å². The van der Waals surface area contributed by atoms with E-state index in [1.54, 1.807) is 0 Å². The third-order valence-corrected chi connectivity index (χ3v) is 13.5. The number of nitrogens with one attached hydrogen (secondary N) is 4. The summed E-state index contributed by atoms with van der Waals surface area (Å²) in [7, 11) is 2.61. The summed E-state index contributed by atoms with van der Waals surface area (Å²) in [6, 6.07) is 19.4. The molecule has 2 saturated heterocycles. The first kappa shape index (κ1) is 40.2. The van der Waals surface area contributed by atoms with Crippen LogP contribution in [0.15, 0.2) is 60.7 Å². The maximum atomic E-state index is 14.2. The van der Waals surface area contributed by atoms with Gasteiger partial charge in [0.2, 0.25) is 11.8 Å². The van der Waals surface area contributed by atoms with Gasteiger partial charge in [-0.25, -0.2) is 19.6 Å². The maximum absolute atomic E-state index is 14.2. The van der Waals surface area contributed by atoms with Crippen molar-refractivity contribution >= 4 is 67.6 Å². The number of hydrogen-bond donors (Lipinski definition) is 4. The Hall–Kier alpha value is -6.18. The van der Waals surface area contributed by atoms with Crippen molar-refractivity contribution in [1.29, 1.82) is 0 Å². The van der Waals surface area contributed by atoms with Crippen molar-refractivity contribution < 1.29 is 28.7 Å². The molecule has 1 aliphatic carbocycles. The molecule has 1 unspecified atom stereocenters. The lowest BCUT2D eigenvalue weighted by molar-refractivity contribution is -0.140. The minimum Gasteiger partial charge on any atom is -0.453 e. The van der Waals surface area contributed by atoms with Crippen LogP contribution in [-0.4, -0.2) is 92.6 Å². The number of methoxy groups -OCH3 is 2. The smallest absolute Gasteiger partial charge is 0.407 e. The van der Waals surface area contributed by atoms with Gasteiger partial charge >= 0.3 is 12.2 Å². The van der Waals surface area contributed by atoms with Crippen molar-refractivity contribution in [2.45, 2.75) is 96.9 Å². The average molecular weight is 827 g/mol. The van der Waals surface area contributed by atoms with Crippen molar-refractivity contribution in [2.75, 3.05) is 20.8 Å². The molecule has 2 aliphatic heterocycles. The zero-order valence-corrected chi connectivity index (χ0v) is 35.8. The molecule has 1 saturated carbocycles. The van der Waals surface area contributed by atoms with Gasteiger partial charge in [0.1, 0.15) is 23.7 Å². The summed E-state index contributed by atoms with van der Waals surface area (Å²) in [5.74, 6) is 1.04. The normalized spacial score (nSPS) is 22.2. The zero-order valence-electron chi connectivity index (χ0n) is 35.8. The Morgan fingerprint density at radius 2 is 1.28 bits per heavy atom. The van der Waals surface area contributed by atoms with E-state index < -0.39 is 24.3 Å². The van der Waals surface area contributed by atoms with Crippen LogP contribution in [0, 0.1) is 17.3 Å². The van der Waals surface area contributed by atoms with Crippen LogP contribution < -0.4 is 10.6 Å². The number of carbonyl (C=O) groups is 4. The number of hydrogen-bond acceptors (Lipinski definition) is 8. The zero-order chi connectivity index (χ0) is 42.9. The minimum absolute atomic E-state index is 0.0817. The second-order valence-electron chi connectivity index (χ2n) is 18.1. The molecular formula is C47H54N8O6. The molecule has 318 valence electrons. The van der Waals surface area contributed by atoms with E-state index in [-0.39, 0.29) is 47.2 Å². The number of aromatic amines is 2. The van der Waals surface area contributed by atoms with Crippen LogP contribution in [0.4, 0.5) is 9.59 Å². The molecule has 61 heavy (non-hydrogen) atoms. The lowest BCUT2D eigenvalue weighted by atomic mass is 9.81. The summed E-state index contributed by atoms with van der Waals surface area (Å²) in [6.07, 6.45) is 3.20. The second kappa shape index (κ2) is 15.4. The van der Waals surface area contributed by atoms with Crippen molar-refractivity contribution in [3.05, 3.63) is 72.3 Å². The van der Waals surface area contributed by atoms with Crippen molar-refractivity contribution in [3.8, 4) is 11.1 Å². The first-order valence-electron chi connectivity index (χ1n) is 21.4. The fraction of sp³-hybridized carbons (Fsp3) is 0.447. The third-order valence-electron chi connectivity index (χ3n) is 13.5. The van der Waals surface area contributed by atoms with Crippen LogP contribution in [0.2, 0.25) is 0 Å². The topological polar surface area (TPSA) is 175 Å².